The zero-order valence-corrected chi connectivity index (χ0v) is 14.0. The molecule has 0 saturated heterocycles. The van der Waals surface area contributed by atoms with Crippen LogP contribution in [-0.4, -0.2) is 30.6 Å². The molecule has 0 aromatic carbocycles. The van der Waals surface area contributed by atoms with Crippen molar-refractivity contribution in [2.75, 3.05) is 19.0 Å². The van der Waals surface area contributed by atoms with Crippen LogP contribution in [0.5, 0.6) is 0 Å². The molecule has 2 rings (SSSR count). The van der Waals surface area contributed by atoms with Crippen molar-refractivity contribution in [3.05, 3.63) is 10.6 Å². The molecule has 1 heterocycles. The summed E-state index contributed by atoms with van der Waals surface area (Å²) in [6, 6.07) is 0. The highest BCUT2D eigenvalue weighted by Gasteiger charge is 2.16. The van der Waals surface area contributed by atoms with Gasteiger partial charge in [-0.25, -0.2) is 4.98 Å². The molecule has 0 radical (unpaired) electrons. The van der Waals surface area contributed by atoms with E-state index in [0.29, 0.717) is 11.7 Å². The van der Waals surface area contributed by atoms with E-state index in [4.69, 9.17) is 10.5 Å². The summed E-state index contributed by atoms with van der Waals surface area (Å²) in [7, 11) is 1.57. The highest BCUT2D eigenvalue weighted by molar-refractivity contribution is 7.15. The molecular weight excluding hydrogens is 310 g/mol. The number of halogens is 1. The Kier molecular flexibility index (Phi) is 8.18. The largest absolute Gasteiger partial charge is 0.380 e. The van der Waals surface area contributed by atoms with E-state index in [9.17, 15) is 4.79 Å². The van der Waals surface area contributed by atoms with Crippen LogP contribution >= 0.6 is 23.7 Å². The lowest BCUT2D eigenvalue weighted by molar-refractivity contribution is -0.118. The fourth-order valence-electron chi connectivity index (χ4n) is 2.40. The Labute approximate surface area is 136 Å². The predicted molar refractivity (Wildman–Crippen MR) is 88.3 cm³/mol. The quantitative estimate of drug-likeness (QED) is 0.868. The summed E-state index contributed by atoms with van der Waals surface area (Å²) in [5.41, 5.74) is 6.69. The summed E-state index contributed by atoms with van der Waals surface area (Å²) in [6.07, 6.45) is 7.17. The van der Waals surface area contributed by atoms with Gasteiger partial charge >= 0.3 is 0 Å². The average molecular weight is 334 g/mol. The molecule has 120 valence electrons. The van der Waals surface area contributed by atoms with Crippen LogP contribution in [0.15, 0.2) is 0 Å². The number of nitrogens with two attached hydrogens (primary N) is 1. The molecule has 1 amide bonds. The summed E-state index contributed by atoms with van der Waals surface area (Å²) in [4.78, 5) is 17.8. The lowest BCUT2D eigenvalue weighted by atomic mass is 10.0. The number of nitrogens with one attached hydrogen (secondary N) is 1. The first-order chi connectivity index (χ1) is 9.72. The Hall–Kier alpha value is -0.690. The van der Waals surface area contributed by atoms with E-state index >= 15 is 0 Å². The van der Waals surface area contributed by atoms with Crippen LogP contribution < -0.4 is 11.1 Å². The summed E-state index contributed by atoms with van der Waals surface area (Å²) in [5.74, 6) is -0.0796. The number of anilines is 1. The molecule has 0 saturated carbocycles. The molecule has 1 aliphatic rings. The number of hydrogen-bond donors (Lipinski definition) is 2. The SMILES string of the molecule is COC(CN)CC(=O)Nc1nc2c(s1)CCCCCC2.Cl. The summed E-state index contributed by atoms with van der Waals surface area (Å²) >= 11 is 1.61. The first-order valence-corrected chi connectivity index (χ1v) is 8.06. The number of nitrogens with zero attached hydrogens (tertiary/aromatic N) is 1. The first-order valence-electron chi connectivity index (χ1n) is 7.24. The standard InChI is InChI=1S/C14H23N3O2S.ClH/c1-19-10(9-15)8-13(18)17-14-16-11-6-4-2-3-5-7-12(11)20-14;/h10H,2-9,15H2,1H3,(H,16,17,18);1H. The van der Waals surface area contributed by atoms with Crippen molar-refractivity contribution in [3.63, 3.8) is 0 Å². The van der Waals surface area contributed by atoms with Gasteiger partial charge in [0, 0.05) is 18.5 Å². The second kappa shape index (κ2) is 9.35. The Morgan fingerprint density at radius 1 is 1.38 bits per heavy atom. The number of aryl methyl sites for hydroxylation is 2. The number of methoxy groups -OCH3 is 1. The van der Waals surface area contributed by atoms with Crippen LogP contribution in [0.4, 0.5) is 5.13 Å². The molecular formula is C14H24ClN3O2S. The summed E-state index contributed by atoms with van der Waals surface area (Å²) in [5, 5.41) is 3.59. The number of hydrogen-bond acceptors (Lipinski definition) is 5. The Morgan fingerprint density at radius 3 is 2.76 bits per heavy atom. The van der Waals surface area contributed by atoms with Crippen molar-refractivity contribution in [1.29, 1.82) is 0 Å². The third-order valence-electron chi connectivity index (χ3n) is 3.60. The highest BCUT2D eigenvalue weighted by atomic mass is 35.5. The van der Waals surface area contributed by atoms with Crippen LogP contribution in [-0.2, 0) is 22.4 Å². The minimum absolute atomic E-state index is 0. The van der Waals surface area contributed by atoms with Crippen LogP contribution in [0.3, 0.4) is 0 Å². The average Bonchev–Trinajstić information content (AvgIpc) is 2.77. The number of ether oxygens (including phenoxy) is 1. The molecule has 0 spiro atoms. The van der Waals surface area contributed by atoms with Gasteiger partial charge < -0.3 is 15.8 Å². The smallest absolute Gasteiger partial charge is 0.228 e. The number of rotatable bonds is 5. The van der Waals surface area contributed by atoms with E-state index in [1.807, 2.05) is 0 Å². The van der Waals surface area contributed by atoms with Gasteiger partial charge in [0.1, 0.15) is 0 Å². The maximum absolute atomic E-state index is 11.9. The minimum Gasteiger partial charge on any atom is -0.380 e. The zero-order valence-electron chi connectivity index (χ0n) is 12.4. The van der Waals surface area contributed by atoms with E-state index in [1.165, 1.54) is 36.3 Å². The third kappa shape index (κ3) is 5.54. The molecule has 1 aliphatic carbocycles. The molecule has 5 nitrogen and oxygen atoms in total. The van der Waals surface area contributed by atoms with Gasteiger partial charge in [-0.15, -0.1) is 23.7 Å². The number of carbonyl (C=O) groups is 1. The van der Waals surface area contributed by atoms with E-state index < -0.39 is 0 Å². The summed E-state index contributed by atoms with van der Waals surface area (Å²) < 4.78 is 5.12. The number of fused-ring (bicyclic) bond motifs is 1. The van der Waals surface area contributed by atoms with Gasteiger partial charge in [-0.2, -0.15) is 0 Å². The monoisotopic (exact) mass is 333 g/mol. The number of carbonyl (C=O) groups excluding carboxylic acids is 1. The second-order valence-corrected chi connectivity index (χ2v) is 6.23. The molecule has 1 atom stereocenters. The fourth-order valence-corrected chi connectivity index (χ4v) is 3.47. The molecule has 1 aromatic rings. The van der Waals surface area contributed by atoms with Gasteiger partial charge in [0.25, 0.3) is 0 Å². The molecule has 1 unspecified atom stereocenters. The maximum atomic E-state index is 11.9. The predicted octanol–water partition coefficient (Wildman–Crippen LogP) is 2.53. The lowest BCUT2D eigenvalue weighted by Gasteiger charge is -2.11. The molecule has 1 aromatic heterocycles. The lowest BCUT2D eigenvalue weighted by Crippen LogP contribution is -2.28. The number of amides is 1. The molecule has 0 aliphatic heterocycles. The van der Waals surface area contributed by atoms with Crippen LogP contribution in [0.25, 0.3) is 0 Å². The zero-order chi connectivity index (χ0) is 14.4. The maximum Gasteiger partial charge on any atom is 0.228 e. The third-order valence-corrected chi connectivity index (χ3v) is 4.67. The molecule has 3 N–H and O–H groups in total. The summed E-state index contributed by atoms with van der Waals surface area (Å²) in [6.45, 7) is 0.346. The van der Waals surface area contributed by atoms with Gasteiger partial charge in [-0.1, -0.05) is 12.8 Å². The highest BCUT2D eigenvalue weighted by Crippen LogP contribution is 2.28. The Bertz CT molecular complexity index is 424. The fraction of sp³-hybridized carbons (Fsp3) is 0.714. The van der Waals surface area contributed by atoms with Gasteiger partial charge in [-0.3, -0.25) is 4.79 Å². The van der Waals surface area contributed by atoms with Gasteiger partial charge in [0.2, 0.25) is 5.91 Å². The van der Waals surface area contributed by atoms with Crippen LogP contribution in [0.1, 0.15) is 42.7 Å². The number of aromatic nitrogens is 1. The van der Waals surface area contributed by atoms with E-state index in [1.54, 1.807) is 18.4 Å². The topological polar surface area (TPSA) is 77.2 Å². The molecule has 21 heavy (non-hydrogen) atoms. The minimum atomic E-state index is -0.226. The first kappa shape index (κ1) is 18.4. The van der Waals surface area contributed by atoms with Crippen molar-refractivity contribution >= 4 is 34.8 Å². The van der Waals surface area contributed by atoms with Crippen LogP contribution in [0.2, 0.25) is 0 Å². The van der Waals surface area contributed by atoms with E-state index in [-0.39, 0.29) is 30.8 Å². The van der Waals surface area contributed by atoms with Gasteiger partial charge in [0.15, 0.2) is 5.13 Å². The molecule has 7 heteroatoms. The van der Waals surface area contributed by atoms with Crippen molar-refractivity contribution in [2.24, 2.45) is 5.73 Å². The van der Waals surface area contributed by atoms with Gasteiger partial charge in [-0.05, 0) is 25.7 Å². The second-order valence-electron chi connectivity index (χ2n) is 5.15. The normalized spacial score (nSPS) is 16.1. The molecule has 0 bridgehead atoms. The van der Waals surface area contributed by atoms with Crippen molar-refractivity contribution in [2.45, 2.75) is 51.0 Å². The van der Waals surface area contributed by atoms with Crippen molar-refractivity contribution < 1.29 is 9.53 Å². The van der Waals surface area contributed by atoms with Crippen LogP contribution in [0, 0.1) is 0 Å². The van der Waals surface area contributed by atoms with Crippen molar-refractivity contribution in [1.82, 2.24) is 4.98 Å². The van der Waals surface area contributed by atoms with Gasteiger partial charge in [0.05, 0.1) is 18.2 Å². The van der Waals surface area contributed by atoms with Crippen molar-refractivity contribution in [3.8, 4) is 0 Å². The Balaban J connectivity index is 0.00000220. The van der Waals surface area contributed by atoms with E-state index in [2.05, 4.69) is 10.3 Å². The van der Waals surface area contributed by atoms with E-state index in [0.717, 1.165) is 12.8 Å². The Morgan fingerprint density at radius 2 is 2.10 bits per heavy atom. The molecule has 0 fully saturated rings. The number of thiazole rings is 1.